The zero-order valence-corrected chi connectivity index (χ0v) is 10.9. The van der Waals surface area contributed by atoms with Crippen LogP contribution in [0, 0.1) is 15.9 Å². The van der Waals surface area contributed by atoms with Gasteiger partial charge in [-0.3, -0.25) is 10.1 Å². The minimum Gasteiger partial charge on any atom is -0.311 e. The number of nitro groups is 1. The Morgan fingerprint density at radius 1 is 1.50 bits per heavy atom. The second-order valence-electron chi connectivity index (χ2n) is 4.22. The number of aromatic nitrogens is 3. The first-order chi connectivity index (χ1) is 9.61. The minimum atomic E-state index is -0.662. The van der Waals surface area contributed by atoms with Gasteiger partial charge in [0.25, 0.3) is 5.69 Å². The van der Waals surface area contributed by atoms with Crippen LogP contribution in [0.15, 0.2) is 24.4 Å². The molecule has 0 saturated carbocycles. The van der Waals surface area contributed by atoms with E-state index in [0.717, 1.165) is 25.1 Å². The highest BCUT2D eigenvalue weighted by Gasteiger charge is 2.17. The number of hydrogen-bond donors (Lipinski definition) is 1. The summed E-state index contributed by atoms with van der Waals surface area (Å²) in [7, 11) is 0. The molecular weight excluding hydrogens is 265 g/mol. The maximum Gasteiger partial charge on any atom is 0.297 e. The summed E-state index contributed by atoms with van der Waals surface area (Å²) >= 11 is 0. The van der Waals surface area contributed by atoms with E-state index in [1.807, 2.05) is 6.92 Å². The number of nitrogens with zero attached hydrogens (tertiary/aromatic N) is 4. The lowest BCUT2D eigenvalue weighted by atomic mass is 10.2. The molecule has 0 bridgehead atoms. The molecule has 0 unspecified atom stereocenters. The van der Waals surface area contributed by atoms with Gasteiger partial charge in [0.05, 0.1) is 22.9 Å². The molecule has 0 aliphatic heterocycles. The van der Waals surface area contributed by atoms with Crippen molar-refractivity contribution < 1.29 is 9.31 Å². The van der Waals surface area contributed by atoms with Gasteiger partial charge in [-0.05, 0) is 25.1 Å². The Hall–Kier alpha value is -2.35. The van der Waals surface area contributed by atoms with Crippen molar-refractivity contribution in [3.8, 4) is 5.69 Å². The average molecular weight is 279 g/mol. The summed E-state index contributed by atoms with van der Waals surface area (Å²) in [4.78, 5) is 10.3. The van der Waals surface area contributed by atoms with Crippen LogP contribution in [0.25, 0.3) is 5.69 Å². The van der Waals surface area contributed by atoms with Crippen LogP contribution in [-0.4, -0.2) is 26.5 Å². The van der Waals surface area contributed by atoms with E-state index < -0.39 is 10.7 Å². The zero-order valence-electron chi connectivity index (χ0n) is 10.9. The summed E-state index contributed by atoms with van der Waals surface area (Å²) in [5, 5.41) is 21.8. The number of nitro benzene ring substituents is 1. The molecule has 2 aromatic rings. The number of nitrogens with one attached hydrogen (secondary N) is 1. The third-order valence-electron chi connectivity index (χ3n) is 2.65. The van der Waals surface area contributed by atoms with E-state index >= 15 is 0 Å². The van der Waals surface area contributed by atoms with Gasteiger partial charge in [0.15, 0.2) is 0 Å². The second-order valence-corrected chi connectivity index (χ2v) is 4.22. The number of hydrogen-bond acceptors (Lipinski definition) is 5. The van der Waals surface area contributed by atoms with E-state index in [2.05, 4.69) is 15.6 Å². The van der Waals surface area contributed by atoms with E-state index in [-0.39, 0.29) is 11.4 Å². The van der Waals surface area contributed by atoms with Gasteiger partial charge in [-0.25, -0.2) is 9.07 Å². The molecule has 106 valence electrons. The molecule has 20 heavy (non-hydrogen) atoms. The SMILES string of the molecule is CCCNCc1cn(-c2ccc(F)cc2[N+](=O)[O-])nn1. The van der Waals surface area contributed by atoms with E-state index in [9.17, 15) is 14.5 Å². The Labute approximate surface area is 114 Å². The van der Waals surface area contributed by atoms with Crippen molar-refractivity contribution >= 4 is 5.69 Å². The van der Waals surface area contributed by atoms with E-state index in [4.69, 9.17) is 0 Å². The highest BCUT2D eigenvalue weighted by molar-refractivity contribution is 5.51. The molecule has 0 fully saturated rings. The van der Waals surface area contributed by atoms with Crippen molar-refractivity contribution in [1.82, 2.24) is 20.3 Å². The summed E-state index contributed by atoms with van der Waals surface area (Å²) < 4.78 is 14.4. The molecule has 0 aliphatic rings. The molecule has 1 aromatic heterocycles. The molecule has 0 spiro atoms. The van der Waals surface area contributed by atoms with Crippen LogP contribution in [0.4, 0.5) is 10.1 Å². The Morgan fingerprint density at radius 3 is 3.00 bits per heavy atom. The Balaban J connectivity index is 2.25. The lowest BCUT2D eigenvalue weighted by Crippen LogP contribution is -2.13. The third kappa shape index (κ3) is 3.15. The molecule has 2 rings (SSSR count). The van der Waals surface area contributed by atoms with Crippen LogP contribution in [-0.2, 0) is 6.54 Å². The molecular formula is C12H14FN5O2. The Morgan fingerprint density at radius 2 is 2.30 bits per heavy atom. The quantitative estimate of drug-likeness (QED) is 0.495. The summed E-state index contributed by atoms with van der Waals surface area (Å²) in [6.07, 6.45) is 2.58. The van der Waals surface area contributed by atoms with Crippen LogP contribution in [0.1, 0.15) is 19.0 Å². The highest BCUT2D eigenvalue weighted by Crippen LogP contribution is 2.23. The van der Waals surface area contributed by atoms with Gasteiger partial charge < -0.3 is 5.32 Å². The average Bonchev–Trinajstić information content (AvgIpc) is 2.87. The first-order valence-corrected chi connectivity index (χ1v) is 6.18. The summed E-state index contributed by atoms with van der Waals surface area (Å²) in [5.74, 6) is -0.662. The third-order valence-corrected chi connectivity index (χ3v) is 2.65. The lowest BCUT2D eigenvalue weighted by molar-refractivity contribution is -0.384. The Bertz CT molecular complexity index is 614. The van der Waals surface area contributed by atoms with Gasteiger partial charge in [0, 0.05) is 6.54 Å². The van der Waals surface area contributed by atoms with Crippen molar-refractivity contribution in [2.75, 3.05) is 6.54 Å². The Kier molecular flexibility index (Phi) is 4.36. The molecule has 0 aliphatic carbocycles. The van der Waals surface area contributed by atoms with Crippen LogP contribution in [0.2, 0.25) is 0 Å². The van der Waals surface area contributed by atoms with E-state index in [0.29, 0.717) is 12.2 Å². The van der Waals surface area contributed by atoms with Crippen LogP contribution in [0.5, 0.6) is 0 Å². The fraction of sp³-hybridized carbons (Fsp3) is 0.333. The van der Waals surface area contributed by atoms with Gasteiger partial charge in [-0.2, -0.15) is 0 Å². The van der Waals surface area contributed by atoms with E-state index in [1.165, 1.54) is 10.7 Å². The molecule has 0 radical (unpaired) electrons. The molecule has 0 saturated heterocycles. The number of rotatable bonds is 6. The number of benzene rings is 1. The molecule has 1 N–H and O–H groups in total. The van der Waals surface area contributed by atoms with Gasteiger partial charge in [-0.1, -0.05) is 12.1 Å². The van der Waals surface area contributed by atoms with Crippen molar-refractivity contribution in [1.29, 1.82) is 0 Å². The minimum absolute atomic E-state index is 0.186. The van der Waals surface area contributed by atoms with Gasteiger partial charge in [-0.15, -0.1) is 5.10 Å². The van der Waals surface area contributed by atoms with Crippen LogP contribution in [0.3, 0.4) is 0 Å². The fourth-order valence-electron chi connectivity index (χ4n) is 1.73. The predicted octanol–water partition coefficient (Wildman–Crippen LogP) is 1.81. The smallest absolute Gasteiger partial charge is 0.297 e. The second kappa shape index (κ2) is 6.20. The molecule has 0 amide bonds. The molecule has 1 aromatic carbocycles. The van der Waals surface area contributed by atoms with Gasteiger partial charge in [0.2, 0.25) is 0 Å². The van der Waals surface area contributed by atoms with Crippen LogP contribution >= 0.6 is 0 Å². The first kappa shape index (κ1) is 14.1. The van der Waals surface area contributed by atoms with Crippen LogP contribution < -0.4 is 5.32 Å². The zero-order chi connectivity index (χ0) is 14.5. The largest absolute Gasteiger partial charge is 0.311 e. The van der Waals surface area contributed by atoms with Crippen molar-refractivity contribution in [3.05, 3.63) is 46.0 Å². The molecule has 1 heterocycles. The topological polar surface area (TPSA) is 85.9 Å². The highest BCUT2D eigenvalue weighted by atomic mass is 19.1. The van der Waals surface area contributed by atoms with E-state index in [1.54, 1.807) is 6.20 Å². The molecule has 0 atom stereocenters. The van der Waals surface area contributed by atoms with Crippen molar-refractivity contribution in [2.24, 2.45) is 0 Å². The monoisotopic (exact) mass is 279 g/mol. The normalized spacial score (nSPS) is 10.7. The summed E-state index contributed by atoms with van der Waals surface area (Å²) in [6.45, 7) is 3.43. The maximum atomic E-state index is 13.1. The van der Waals surface area contributed by atoms with Gasteiger partial charge >= 0.3 is 0 Å². The van der Waals surface area contributed by atoms with Gasteiger partial charge in [0.1, 0.15) is 11.5 Å². The maximum absolute atomic E-state index is 13.1. The number of halogens is 1. The molecule has 7 nitrogen and oxygen atoms in total. The van der Waals surface area contributed by atoms with Crippen molar-refractivity contribution in [2.45, 2.75) is 19.9 Å². The standard InChI is InChI=1S/C12H14FN5O2/c1-2-5-14-7-10-8-17(16-15-10)11-4-3-9(13)6-12(11)18(19)20/h3-4,6,8,14H,2,5,7H2,1H3. The lowest BCUT2D eigenvalue weighted by Gasteiger charge is -2.01. The summed E-state index contributed by atoms with van der Waals surface area (Å²) in [5.41, 5.74) is 0.505. The predicted molar refractivity (Wildman–Crippen MR) is 70.0 cm³/mol. The molecule has 8 heteroatoms. The summed E-state index contributed by atoms with van der Waals surface area (Å²) in [6, 6.07) is 3.33. The van der Waals surface area contributed by atoms with Crippen molar-refractivity contribution in [3.63, 3.8) is 0 Å². The first-order valence-electron chi connectivity index (χ1n) is 6.18. The fourth-order valence-corrected chi connectivity index (χ4v) is 1.73.